The summed E-state index contributed by atoms with van der Waals surface area (Å²) in [7, 11) is 0. The van der Waals surface area contributed by atoms with Gasteiger partial charge in [-0.15, -0.1) is 0 Å². The van der Waals surface area contributed by atoms with Crippen LogP contribution in [0.2, 0.25) is 0 Å². The van der Waals surface area contributed by atoms with E-state index in [-0.39, 0.29) is 23.9 Å². The fourth-order valence-corrected chi connectivity index (χ4v) is 3.31. The molecule has 0 radical (unpaired) electrons. The van der Waals surface area contributed by atoms with E-state index in [1.807, 2.05) is 0 Å². The van der Waals surface area contributed by atoms with Crippen LogP contribution in [0.4, 0.5) is 0 Å². The molecule has 1 heterocycles. The molecule has 1 unspecified atom stereocenters. The Morgan fingerprint density at radius 3 is 2.76 bits per heavy atom. The molecule has 0 aromatic heterocycles. The molecule has 1 amide bonds. The molecule has 0 bridgehead atoms. The lowest BCUT2D eigenvalue weighted by Gasteiger charge is -2.24. The zero-order valence-corrected chi connectivity index (χ0v) is 10.5. The molecule has 0 spiro atoms. The number of amides is 1. The minimum absolute atomic E-state index is 0.0215. The lowest BCUT2D eigenvalue weighted by Crippen LogP contribution is -2.51. The van der Waals surface area contributed by atoms with Crippen LogP contribution < -0.4 is 10.6 Å². The second-order valence-electron chi connectivity index (χ2n) is 4.64. The Balaban J connectivity index is 1.77. The van der Waals surface area contributed by atoms with Crippen LogP contribution in [0.25, 0.3) is 0 Å². The van der Waals surface area contributed by atoms with Gasteiger partial charge in [0.25, 0.3) is 0 Å². The molecule has 0 aromatic carbocycles. The van der Waals surface area contributed by atoms with E-state index in [1.165, 1.54) is 0 Å². The average Bonchev–Trinajstić information content (AvgIpc) is 2.79. The van der Waals surface area contributed by atoms with Crippen molar-refractivity contribution in [3.8, 4) is 0 Å². The second-order valence-corrected chi connectivity index (χ2v) is 5.79. The Morgan fingerprint density at radius 2 is 2.18 bits per heavy atom. The molecule has 2 rings (SSSR count). The number of hydrogen-bond donors (Lipinski definition) is 3. The van der Waals surface area contributed by atoms with Gasteiger partial charge in [-0.05, 0) is 19.3 Å². The van der Waals surface area contributed by atoms with Crippen LogP contribution in [-0.2, 0) is 9.59 Å². The van der Waals surface area contributed by atoms with Crippen molar-refractivity contribution in [3.05, 3.63) is 0 Å². The number of carbonyl (C=O) groups excluding carboxylic acids is 1. The summed E-state index contributed by atoms with van der Waals surface area (Å²) in [4.78, 5) is 22.7. The highest BCUT2D eigenvalue weighted by atomic mass is 32.2. The maximum atomic E-state index is 11.9. The molecule has 17 heavy (non-hydrogen) atoms. The molecular weight excluding hydrogens is 240 g/mol. The normalized spacial score (nSPS) is 33.3. The van der Waals surface area contributed by atoms with Crippen molar-refractivity contribution in [1.29, 1.82) is 0 Å². The first kappa shape index (κ1) is 12.7. The van der Waals surface area contributed by atoms with Crippen molar-refractivity contribution in [3.63, 3.8) is 0 Å². The number of thioether (sulfide) groups is 1. The summed E-state index contributed by atoms with van der Waals surface area (Å²) >= 11 is 1.78. The first-order chi connectivity index (χ1) is 8.16. The molecule has 1 aliphatic carbocycles. The van der Waals surface area contributed by atoms with Gasteiger partial charge < -0.3 is 15.7 Å². The number of carboxylic acid groups (broad SMARTS) is 1. The molecule has 2 fully saturated rings. The molecule has 5 nitrogen and oxygen atoms in total. The molecule has 1 aliphatic heterocycles. The van der Waals surface area contributed by atoms with Crippen LogP contribution >= 0.6 is 11.8 Å². The number of hydrogen-bond acceptors (Lipinski definition) is 4. The quantitative estimate of drug-likeness (QED) is 0.667. The maximum absolute atomic E-state index is 11.9. The Labute approximate surface area is 105 Å². The maximum Gasteiger partial charge on any atom is 0.306 e. The molecule has 6 heteroatoms. The van der Waals surface area contributed by atoms with Crippen molar-refractivity contribution in [2.45, 2.75) is 31.3 Å². The summed E-state index contributed by atoms with van der Waals surface area (Å²) in [5, 5.41) is 15.0. The summed E-state index contributed by atoms with van der Waals surface area (Å²) < 4.78 is 0. The van der Waals surface area contributed by atoms with Crippen molar-refractivity contribution in [2.75, 3.05) is 18.1 Å². The van der Waals surface area contributed by atoms with Crippen molar-refractivity contribution < 1.29 is 14.7 Å². The van der Waals surface area contributed by atoms with E-state index >= 15 is 0 Å². The molecule has 3 atom stereocenters. The number of carboxylic acids is 1. The number of nitrogens with one attached hydrogen (secondary N) is 2. The van der Waals surface area contributed by atoms with Gasteiger partial charge in [0.1, 0.15) is 0 Å². The third kappa shape index (κ3) is 3.35. The third-order valence-corrected chi connectivity index (χ3v) is 4.43. The highest BCUT2D eigenvalue weighted by molar-refractivity contribution is 7.99. The van der Waals surface area contributed by atoms with Gasteiger partial charge >= 0.3 is 5.97 Å². The van der Waals surface area contributed by atoms with Crippen molar-refractivity contribution in [1.82, 2.24) is 10.6 Å². The monoisotopic (exact) mass is 258 g/mol. The molecule has 3 N–H and O–H groups in total. The predicted octanol–water partition coefficient (Wildman–Crippen LogP) is 0.0609. The zero-order chi connectivity index (χ0) is 12.3. The largest absolute Gasteiger partial charge is 0.481 e. The minimum Gasteiger partial charge on any atom is -0.481 e. The molecule has 1 saturated heterocycles. The SMILES string of the molecule is O=C(N[C@H]1CC[C@@H](C(=O)O)C1)C1CSCCN1. The van der Waals surface area contributed by atoms with Gasteiger partial charge in [-0.1, -0.05) is 0 Å². The van der Waals surface area contributed by atoms with Gasteiger partial charge in [0.15, 0.2) is 0 Å². The fourth-order valence-electron chi connectivity index (χ4n) is 2.37. The van der Waals surface area contributed by atoms with Gasteiger partial charge in [0.2, 0.25) is 5.91 Å². The first-order valence-electron chi connectivity index (χ1n) is 6.01. The Hall–Kier alpha value is -0.750. The zero-order valence-electron chi connectivity index (χ0n) is 9.65. The van der Waals surface area contributed by atoms with Crippen LogP contribution in [0.3, 0.4) is 0 Å². The summed E-state index contributed by atoms with van der Waals surface area (Å²) in [5.41, 5.74) is 0. The predicted molar refractivity (Wildman–Crippen MR) is 66.0 cm³/mol. The Kier molecular flexibility index (Phi) is 4.28. The fraction of sp³-hybridized carbons (Fsp3) is 0.818. The number of rotatable bonds is 3. The lowest BCUT2D eigenvalue weighted by atomic mass is 10.1. The first-order valence-corrected chi connectivity index (χ1v) is 7.16. The van der Waals surface area contributed by atoms with E-state index in [2.05, 4.69) is 10.6 Å². The lowest BCUT2D eigenvalue weighted by molar-refractivity contribution is -0.141. The van der Waals surface area contributed by atoms with E-state index in [9.17, 15) is 9.59 Å². The summed E-state index contributed by atoms with van der Waals surface area (Å²) in [6.07, 6.45) is 2.02. The molecule has 96 valence electrons. The second kappa shape index (κ2) is 5.73. The summed E-state index contributed by atoms with van der Waals surface area (Å²) in [6, 6.07) is -0.0741. The molecular formula is C11H18N2O3S. The minimum atomic E-state index is -0.743. The van der Waals surface area contributed by atoms with Crippen molar-refractivity contribution >= 4 is 23.6 Å². The average molecular weight is 258 g/mol. The molecule has 0 aromatic rings. The smallest absolute Gasteiger partial charge is 0.306 e. The van der Waals surface area contributed by atoms with Crippen molar-refractivity contribution in [2.24, 2.45) is 5.92 Å². The van der Waals surface area contributed by atoms with Gasteiger partial charge in [-0.2, -0.15) is 11.8 Å². The number of aliphatic carboxylic acids is 1. The van der Waals surface area contributed by atoms with Crippen LogP contribution in [0.15, 0.2) is 0 Å². The van der Waals surface area contributed by atoms with Gasteiger partial charge in [0.05, 0.1) is 12.0 Å². The highest BCUT2D eigenvalue weighted by Crippen LogP contribution is 2.25. The van der Waals surface area contributed by atoms with Crippen LogP contribution in [-0.4, -0.2) is 47.1 Å². The third-order valence-electron chi connectivity index (χ3n) is 3.37. The topological polar surface area (TPSA) is 78.4 Å². The van der Waals surface area contributed by atoms with Gasteiger partial charge in [-0.3, -0.25) is 9.59 Å². The molecule has 2 aliphatic rings. The van der Waals surface area contributed by atoms with Gasteiger partial charge in [-0.25, -0.2) is 0 Å². The van der Waals surface area contributed by atoms with Crippen LogP contribution in [0, 0.1) is 5.92 Å². The van der Waals surface area contributed by atoms with E-state index in [1.54, 1.807) is 11.8 Å². The Morgan fingerprint density at radius 1 is 1.35 bits per heavy atom. The standard InChI is InChI=1S/C11H18N2O3S/c14-10(9-6-17-4-3-12-9)13-8-2-1-7(5-8)11(15)16/h7-9,12H,1-6H2,(H,13,14)(H,15,16)/t7-,8+,9?/m1/s1. The van der Waals surface area contributed by atoms with E-state index in [0.717, 1.165) is 24.5 Å². The van der Waals surface area contributed by atoms with E-state index < -0.39 is 5.97 Å². The van der Waals surface area contributed by atoms with E-state index in [0.29, 0.717) is 12.8 Å². The highest BCUT2D eigenvalue weighted by Gasteiger charge is 2.32. The molecule has 1 saturated carbocycles. The van der Waals surface area contributed by atoms with E-state index in [4.69, 9.17) is 5.11 Å². The van der Waals surface area contributed by atoms with Crippen LogP contribution in [0.5, 0.6) is 0 Å². The summed E-state index contributed by atoms with van der Waals surface area (Å²) in [5.74, 6) is 0.852. The Bertz CT molecular complexity index is 305. The number of carbonyl (C=O) groups is 2. The van der Waals surface area contributed by atoms with Gasteiger partial charge in [0, 0.05) is 24.1 Å². The summed E-state index contributed by atoms with van der Waals surface area (Å²) in [6.45, 7) is 0.866. The van der Waals surface area contributed by atoms with Crippen LogP contribution in [0.1, 0.15) is 19.3 Å².